The van der Waals surface area contributed by atoms with Crippen molar-refractivity contribution >= 4 is 0 Å². The standard InChI is InChI=1S/C9H18O2/c1-7(2)8(3)9(4,5-10)6-11/h10-11H,5-6H2,1-4H3. The Balaban J connectivity index is 4.64. The summed E-state index contributed by atoms with van der Waals surface area (Å²) >= 11 is 0. The molecule has 0 aromatic carbocycles. The molecule has 0 fully saturated rings. The SMILES string of the molecule is CC(C)=C(C)C(C)(CO)CO. The van der Waals surface area contributed by atoms with Crippen molar-refractivity contribution in [1.29, 1.82) is 0 Å². The Morgan fingerprint density at radius 3 is 1.55 bits per heavy atom. The van der Waals surface area contributed by atoms with E-state index < -0.39 is 5.41 Å². The molecule has 0 atom stereocenters. The molecule has 0 saturated carbocycles. The Bertz CT molecular complexity index is 151. The van der Waals surface area contributed by atoms with E-state index in [2.05, 4.69) is 0 Å². The Hall–Kier alpha value is -0.340. The van der Waals surface area contributed by atoms with E-state index in [0.29, 0.717) is 0 Å². The van der Waals surface area contributed by atoms with Gasteiger partial charge in [-0.1, -0.05) is 18.1 Å². The van der Waals surface area contributed by atoms with Crippen molar-refractivity contribution in [3.8, 4) is 0 Å². The van der Waals surface area contributed by atoms with Gasteiger partial charge in [0.1, 0.15) is 0 Å². The molecule has 0 saturated heterocycles. The average molecular weight is 158 g/mol. The van der Waals surface area contributed by atoms with E-state index in [1.165, 1.54) is 0 Å². The van der Waals surface area contributed by atoms with Gasteiger partial charge in [-0.25, -0.2) is 0 Å². The molecule has 0 aliphatic heterocycles. The summed E-state index contributed by atoms with van der Waals surface area (Å²) in [5, 5.41) is 18.0. The molecule has 0 aliphatic carbocycles. The van der Waals surface area contributed by atoms with E-state index in [4.69, 9.17) is 10.2 Å². The van der Waals surface area contributed by atoms with E-state index in [-0.39, 0.29) is 13.2 Å². The van der Waals surface area contributed by atoms with Crippen molar-refractivity contribution in [2.75, 3.05) is 13.2 Å². The second kappa shape index (κ2) is 3.88. The van der Waals surface area contributed by atoms with Crippen LogP contribution in [0.1, 0.15) is 27.7 Å². The van der Waals surface area contributed by atoms with E-state index >= 15 is 0 Å². The molecule has 0 unspecified atom stereocenters. The molecule has 0 aliphatic rings. The van der Waals surface area contributed by atoms with Crippen molar-refractivity contribution in [1.82, 2.24) is 0 Å². The maximum absolute atomic E-state index is 9.01. The number of hydrogen-bond donors (Lipinski definition) is 2. The molecule has 11 heavy (non-hydrogen) atoms. The van der Waals surface area contributed by atoms with E-state index in [1.807, 2.05) is 27.7 Å². The van der Waals surface area contributed by atoms with Crippen LogP contribution in [-0.4, -0.2) is 23.4 Å². The highest BCUT2D eigenvalue weighted by atomic mass is 16.3. The Kier molecular flexibility index (Phi) is 3.76. The smallest absolute Gasteiger partial charge is 0.0544 e. The molecular formula is C9H18O2. The van der Waals surface area contributed by atoms with Crippen molar-refractivity contribution in [3.05, 3.63) is 11.1 Å². The first kappa shape index (κ1) is 10.7. The lowest BCUT2D eigenvalue weighted by Crippen LogP contribution is -2.27. The van der Waals surface area contributed by atoms with Crippen molar-refractivity contribution in [2.45, 2.75) is 27.7 Å². The summed E-state index contributed by atoms with van der Waals surface area (Å²) in [4.78, 5) is 0. The van der Waals surface area contributed by atoms with Crippen LogP contribution < -0.4 is 0 Å². The predicted octanol–water partition coefficient (Wildman–Crippen LogP) is 1.33. The van der Waals surface area contributed by atoms with Crippen LogP contribution >= 0.6 is 0 Å². The molecule has 0 bridgehead atoms. The molecule has 0 rings (SSSR count). The Morgan fingerprint density at radius 2 is 1.45 bits per heavy atom. The predicted molar refractivity (Wildman–Crippen MR) is 46.3 cm³/mol. The van der Waals surface area contributed by atoms with Gasteiger partial charge in [-0.05, 0) is 20.8 Å². The summed E-state index contributed by atoms with van der Waals surface area (Å²) in [6.07, 6.45) is 0. The Labute approximate surface area is 68.6 Å². The largest absolute Gasteiger partial charge is 0.395 e. The molecule has 66 valence electrons. The lowest BCUT2D eigenvalue weighted by atomic mass is 9.82. The van der Waals surface area contributed by atoms with Gasteiger partial charge < -0.3 is 10.2 Å². The molecule has 0 heterocycles. The second-order valence-corrected chi connectivity index (χ2v) is 3.50. The van der Waals surface area contributed by atoms with Gasteiger partial charge in [0.15, 0.2) is 0 Å². The third kappa shape index (κ3) is 2.31. The summed E-state index contributed by atoms with van der Waals surface area (Å²) < 4.78 is 0. The first-order chi connectivity index (χ1) is 4.98. The first-order valence-corrected chi connectivity index (χ1v) is 3.84. The quantitative estimate of drug-likeness (QED) is 0.608. The van der Waals surface area contributed by atoms with E-state index in [0.717, 1.165) is 11.1 Å². The fourth-order valence-corrected chi connectivity index (χ4v) is 0.891. The zero-order chi connectivity index (χ0) is 9.07. The van der Waals surface area contributed by atoms with Gasteiger partial charge in [0.25, 0.3) is 0 Å². The summed E-state index contributed by atoms with van der Waals surface area (Å²) in [7, 11) is 0. The van der Waals surface area contributed by atoms with Crippen LogP contribution in [-0.2, 0) is 0 Å². The average Bonchev–Trinajstić information content (AvgIpc) is 2.01. The van der Waals surface area contributed by atoms with Gasteiger partial charge in [-0.3, -0.25) is 0 Å². The first-order valence-electron chi connectivity index (χ1n) is 3.84. The van der Waals surface area contributed by atoms with Crippen LogP contribution in [0, 0.1) is 5.41 Å². The zero-order valence-electron chi connectivity index (χ0n) is 7.81. The van der Waals surface area contributed by atoms with Crippen LogP contribution in [0.5, 0.6) is 0 Å². The molecule has 2 nitrogen and oxygen atoms in total. The molecule has 0 aromatic rings. The Morgan fingerprint density at radius 1 is 1.09 bits per heavy atom. The lowest BCUT2D eigenvalue weighted by Gasteiger charge is -2.27. The van der Waals surface area contributed by atoms with Gasteiger partial charge in [-0.15, -0.1) is 0 Å². The fourth-order valence-electron chi connectivity index (χ4n) is 0.891. The van der Waals surface area contributed by atoms with E-state index in [1.54, 1.807) is 0 Å². The van der Waals surface area contributed by atoms with Gasteiger partial charge in [-0.2, -0.15) is 0 Å². The normalized spacial score (nSPS) is 11.5. The summed E-state index contributed by atoms with van der Waals surface area (Å²) in [5.41, 5.74) is 1.79. The van der Waals surface area contributed by atoms with Crippen LogP contribution in [0.25, 0.3) is 0 Å². The highest BCUT2D eigenvalue weighted by Crippen LogP contribution is 2.27. The summed E-state index contributed by atoms with van der Waals surface area (Å²) in [6, 6.07) is 0. The zero-order valence-corrected chi connectivity index (χ0v) is 7.81. The lowest BCUT2D eigenvalue weighted by molar-refractivity contribution is 0.0982. The van der Waals surface area contributed by atoms with Crippen molar-refractivity contribution in [3.63, 3.8) is 0 Å². The highest BCUT2D eigenvalue weighted by molar-refractivity contribution is 5.16. The molecule has 0 aromatic heterocycles. The third-order valence-corrected chi connectivity index (χ3v) is 2.35. The summed E-state index contributed by atoms with van der Waals surface area (Å²) in [6.45, 7) is 7.77. The highest BCUT2D eigenvalue weighted by Gasteiger charge is 2.24. The maximum atomic E-state index is 9.01. The molecule has 0 spiro atoms. The fraction of sp³-hybridized carbons (Fsp3) is 0.778. The van der Waals surface area contributed by atoms with Crippen LogP contribution in [0.3, 0.4) is 0 Å². The number of rotatable bonds is 3. The van der Waals surface area contributed by atoms with E-state index in [9.17, 15) is 0 Å². The number of aliphatic hydroxyl groups is 2. The van der Waals surface area contributed by atoms with Crippen LogP contribution in [0.4, 0.5) is 0 Å². The number of hydrogen-bond acceptors (Lipinski definition) is 2. The summed E-state index contributed by atoms with van der Waals surface area (Å²) in [5.74, 6) is 0. The molecule has 2 heteroatoms. The topological polar surface area (TPSA) is 40.5 Å². The second-order valence-electron chi connectivity index (χ2n) is 3.50. The minimum absolute atomic E-state index is 0.000509. The minimum Gasteiger partial charge on any atom is -0.395 e. The van der Waals surface area contributed by atoms with Gasteiger partial charge in [0, 0.05) is 5.41 Å². The molecule has 0 amide bonds. The van der Waals surface area contributed by atoms with Crippen LogP contribution in [0.2, 0.25) is 0 Å². The van der Waals surface area contributed by atoms with Crippen molar-refractivity contribution in [2.24, 2.45) is 5.41 Å². The molecule has 0 radical (unpaired) electrons. The number of aliphatic hydroxyl groups excluding tert-OH is 2. The number of allylic oxidation sites excluding steroid dienone is 1. The molecule has 2 N–H and O–H groups in total. The van der Waals surface area contributed by atoms with Gasteiger partial charge >= 0.3 is 0 Å². The monoisotopic (exact) mass is 158 g/mol. The minimum atomic E-state index is -0.446. The van der Waals surface area contributed by atoms with Gasteiger partial charge in [0.2, 0.25) is 0 Å². The maximum Gasteiger partial charge on any atom is 0.0544 e. The van der Waals surface area contributed by atoms with Crippen LogP contribution in [0.15, 0.2) is 11.1 Å². The third-order valence-electron chi connectivity index (χ3n) is 2.35. The van der Waals surface area contributed by atoms with Gasteiger partial charge in [0.05, 0.1) is 13.2 Å². The van der Waals surface area contributed by atoms with Crippen molar-refractivity contribution < 1.29 is 10.2 Å². The molecular weight excluding hydrogens is 140 g/mol.